The summed E-state index contributed by atoms with van der Waals surface area (Å²) in [4.78, 5) is 10.2. The SMILES string of the molecule is Cl.O=[N+]([O-])c1ccc(CCNC2CCCCC2)cc1. The molecular weight excluding hydrogens is 264 g/mol. The monoisotopic (exact) mass is 284 g/mol. The molecule has 0 unspecified atom stereocenters. The average molecular weight is 285 g/mol. The number of nitrogens with zero attached hydrogens (tertiary/aromatic N) is 1. The van der Waals surface area contributed by atoms with Crippen LogP contribution in [-0.4, -0.2) is 17.5 Å². The molecule has 1 aliphatic rings. The average Bonchev–Trinajstić information content (AvgIpc) is 2.40. The number of rotatable bonds is 5. The molecule has 0 spiro atoms. The Balaban J connectivity index is 0.00000180. The lowest BCUT2D eigenvalue weighted by molar-refractivity contribution is -0.384. The number of benzene rings is 1. The van der Waals surface area contributed by atoms with Crippen LogP contribution < -0.4 is 5.32 Å². The Morgan fingerprint density at radius 3 is 2.37 bits per heavy atom. The van der Waals surface area contributed by atoms with E-state index in [4.69, 9.17) is 0 Å². The second-order valence-corrected chi connectivity index (χ2v) is 4.96. The van der Waals surface area contributed by atoms with Gasteiger partial charge in [0, 0.05) is 18.2 Å². The van der Waals surface area contributed by atoms with Crippen LogP contribution in [-0.2, 0) is 6.42 Å². The van der Waals surface area contributed by atoms with Crippen molar-refractivity contribution in [2.45, 2.75) is 44.6 Å². The molecule has 4 nitrogen and oxygen atoms in total. The molecule has 19 heavy (non-hydrogen) atoms. The lowest BCUT2D eigenvalue weighted by Gasteiger charge is -2.22. The van der Waals surface area contributed by atoms with E-state index in [-0.39, 0.29) is 23.0 Å². The van der Waals surface area contributed by atoms with Gasteiger partial charge in [0.1, 0.15) is 0 Å². The van der Waals surface area contributed by atoms with E-state index in [1.807, 2.05) is 12.1 Å². The van der Waals surface area contributed by atoms with Crippen LogP contribution in [0.4, 0.5) is 5.69 Å². The van der Waals surface area contributed by atoms with Crippen LogP contribution in [0, 0.1) is 10.1 Å². The van der Waals surface area contributed by atoms with E-state index in [1.165, 1.54) is 32.1 Å². The normalized spacial score (nSPS) is 15.8. The van der Waals surface area contributed by atoms with Crippen molar-refractivity contribution in [2.75, 3.05) is 6.54 Å². The molecule has 0 aromatic heterocycles. The molecule has 0 bridgehead atoms. The van der Waals surface area contributed by atoms with E-state index in [2.05, 4.69) is 5.32 Å². The summed E-state index contributed by atoms with van der Waals surface area (Å²) in [6, 6.07) is 7.53. The minimum Gasteiger partial charge on any atom is -0.314 e. The highest BCUT2D eigenvalue weighted by atomic mass is 35.5. The summed E-state index contributed by atoms with van der Waals surface area (Å²) in [5.74, 6) is 0. The predicted molar refractivity (Wildman–Crippen MR) is 78.9 cm³/mol. The molecule has 0 heterocycles. The van der Waals surface area contributed by atoms with E-state index >= 15 is 0 Å². The maximum atomic E-state index is 10.5. The van der Waals surface area contributed by atoms with Crippen LogP contribution >= 0.6 is 12.4 Å². The van der Waals surface area contributed by atoms with Gasteiger partial charge in [0.15, 0.2) is 0 Å². The van der Waals surface area contributed by atoms with Crippen LogP contribution in [0.25, 0.3) is 0 Å². The van der Waals surface area contributed by atoms with Crippen molar-refractivity contribution in [3.63, 3.8) is 0 Å². The first kappa shape index (κ1) is 15.9. The molecule has 0 aliphatic heterocycles. The Labute approximate surface area is 120 Å². The molecule has 2 rings (SSSR count). The third-order valence-electron chi connectivity index (χ3n) is 3.60. The molecule has 1 aromatic rings. The summed E-state index contributed by atoms with van der Waals surface area (Å²) in [5.41, 5.74) is 1.32. The Kier molecular flexibility index (Phi) is 6.81. The van der Waals surface area contributed by atoms with E-state index in [0.717, 1.165) is 18.5 Å². The van der Waals surface area contributed by atoms with Gasteiger partial charge in [-0.15, -0.1) is 12.4 Å². The van der Waals surface area contributed by atoms with Gasteiger partial charge in [-0.2, -0.15) is 0 Å². The van der Waals surface area contributed by atoms with E-state index < -0.39 is 0 Å². The van der Waals surface area contributed by atoms with Gasteiger partial charge in [0.2, 0.25) is 0 Å². The summed E-state index contributed by atoms with van der Waals surface area (Å²) < 4.78 is 0. The Bertz CT molecular complexity index is 389. The van der Waals surface area contributed by atoms with Crippen molar-refractivity contribution in [3.8, 4) is 0 Å². The number of hydrogen-bond acceptors (Lipinski definition) is 3. The van der Waals surface area contributed by atoms with Crippen LogP contribution in [0.5, 0.6) is 0 Å². The topological polar surface area (TPSA) is 55.2 Å². The lowest BCUT2D eigenvalue weighted by Crippen LogP contribution is -2.32. The van der Waals surface area contributed by atoms with Gasteiger partial charge in [-0.05, 0) is 31.4 Å². The largest absolute Gasteiger partial charge is 0.314 e. The predicted octanol–water partition coefficient (Wildman–Crippen LogP) is 3.48. The molecule has 1 N–H and O–H groups in total. The Morgan fingerprint density at radius 1 is 1.16 bits per heavy atom. The standard InChI is InChI=1S/C14H20N2O2.ClH/c17-16(18)14-8-6-12(7-9-14)10-11-15-13-4-2-1-3-5-13;/h6-9,13,15H,1-5,10-11H2;1H. The van der Waals surface area contributed by atoms with Crippen molar-refractivity contribution >= 4 is 18.1 Å². The van der Waals surface area contributed by atoms with Crippen LogP contribution in [0.1, 0.15) is 37.7 Å². The third kappa shape index (κ3) is 5.17. The zero-order valence-electron chi connectivity index (χ0n) is 11.0. The molecular formula is C14H21ClN2O2. The zero-order valence-corrected chi connectivity index (χ0v) is 11.8. The highest BCUT2D eigenvalue weighted by Crippen LogP contribution is 2.17. The smallest absolute Gasteiger partial charge is 0.269 e. The Morgan fingerprint density at radius 2 is 1.79 bits per heavy atom. The van der Waals surface area contributed by atoms with Crippen molar-refractivity contribution in [2.24, 2.45) is 0 Å². The number of nitro groups is 1. The molecule has 1 aromatic carbocycles. The first-order valence-electron chi connectivity index (χ1n) is 6.72. The number of hydrogen-bond donors (Lipinski definition) is 1. The maximum Gasteiger partial charge on any atom is 0.269 e. The van der Waals surface area contributed by atoms with E-state index in [1.54, 1.807) is 12.1 Å². The fourth-order valence-corrected chi connectivity index (χ4v) is 2.51. The quantitative estimate of drug-likeness (QED) is 0.665. The summed E-state index contributed by atoms with van der Waals surface area (Å²) >= 11 is 0. The van der Waals surface area contributed by atoms with E-state index in [0.29, 0.717) is 6.04 Å². The van der Waals surface area contributed by atoms with Crippen LogP contribution in [0.15, 0.2) is 24.3 Å². The summed E-state index contributed by atoms with van der Waals surface area (Å²) in [7, 11) is 0. The molecule has 0 amide bonds. The summed E-state index contributed by atoms with van der Waals surface area (Å²) in [5, 5.41) is 14.1. The molecule has 1 fully saturated rings. The number of nitrogens with one attached hydrogen (secondary N) is 1. The van der Waals surface area contributed by atoms with Gasteiger partial charge in [0.05, 0.1) is 4.92 Å². The van der Waals surface area contributed by atoms with Gasteiger partial charge in [-0.3, -0.25) is 10.1 Å². The van der Waals surface area contributed by atoms with Gasteiger partial charge in [-0.1, -0.05) is 31.4 Å². The molecule has 5 heteroatoms. The molecule has 0 atom stereocenters. The van der Waals surface area contributed by atoms with Crippen LogP contribution in [0.2, 0.25) is 0 Å². The van der Waals surface area contributed by atoms with Crippen LogP contribution in [0.3, 0.4) is 0 Å². The highest BCUT2D eigenvalue weighted by Gasteiger charge is 2.12. The minimum atomic E-state index is -0.357. The lowest BCUT2D eigenvalue weighted by atomic mass is 9.95. The van der Waals surface area contributed by atoms with Gasteiger partial charge in [0.25, 0.3) is 5.69 Å². The van der Waals surface area contributed by atoms with E-state index in [9.17, 15) is 10.1 Å². The second kappa shape index (κ2) is 8.12. The fraction of sp³-hybridized carbons (Fsp3) is 0.571. The van der Waals surface area contributed by atoms with Crippen molar-refractivity contribution in [1.29, 1.82) is 0 Å². The highest BCUT2D eigenvalue weighted by molar-refractivity contribution is 5.85. The number of non-ortho nitro benzene ring substituents is 1. The molecule has 0 saturated heterocycles. The first-order chi connectivity index (χ1) is 8.75. The fourth-order valence-electron chi connectivity index (χ4n) is 2.51. The third-order valence-corrected chi connectivity index (χ3v) is 3.60. The van der Waals surface area contributed by atoms with Crippen molar-refractivity contribution in [3.05, 3.63) is 39.9 Å². The van der Waals surface area contributed by atoms with Crippen molar-refractivity contribution < 1.29 is 4.92 Å². The summed E-state index contributed by atoms with van der Waals surface area (Å²) in [6.07, 6.45) is 7.58. The molecule has 1 saturated carbocycles. The van der Waals surface area contributed by atoms with Gasteiger partial charge >= 0.3 is 0 Å². The van der Waals surface area contributed by atoms with Crippen molar-refractivity contribution in [1.82, 2.24) is 5.32 Å². The maximum absolute atomic E-state index is 10.5. The number of nitro benzene ring substituents is 1. The molecule has 0 radical (unpaired) electrons. The Hall–Kier alpha value is -1.13. The summed E-state index contributed by atoms with van der Waals surface area (Å²) in [6.45, 7) is 0.961. The molecule has 1 aliphatic carbocycles. The first-order valence-corrected chi connectivity index (χ1v) is 6.72. The minimum absolute atomic E-state index is 0. The zero-order chi connectivity index (χ0) is 12.8. The number of halogens is 1. The second-order valence-electron chi connectivity index (χ2n) is 4.96. The van der Waals surface area contributed by atoms with Gasteiger partial charge in [-0.25, -0.2) is 0 Å². The van der Waals surface area contributed by atoms with Gasteiger partial charge < -0.3 is 5.32 Å². The molecule has 106 valence electrons.